The number of hydrogen-bond acceptors (Lipinski definition) is 5. The maximum atomic E-state index is 11.5. The van der Waals surface area contributed by atoms with Gasteiger partial charge in [-0.2, -0.15) is 0 Å². The molecular formula is C30H39ClO5. The van der Waals surface area contributed by atoms with Crippen molar-refractivity contribution in [2.45, 2.75) is 62.8 Å². The smallest absolute Gasteiger partial charge is 0.305 e. The lowest BCUT2D eigenvalue weighted by molar-refractivity contribution is -0.144. The molecule has 1 aliphatic rings. The Morgan fingerprint density at radius 3 is 2.44 bits per heavy atom. The average Bonchev–Trinajstić information content (AvgIpc) is 3.15. The highest BCUT2D eigenvalue weighted by molar-refractivity contribution is 6.21. The molecule has 0 radical (unpaired) electrons. The van der Waals surface area contributed by atoms with Crippen LogP contribution in [-0.2, 0) is 14.9 Å². The molecule has 36 heavy (non-hydrogen) atoms. The molecule has 2 aromatic carbocycles. The summed E-state index contributed by atoms with van der Waals surface area (Å²) in [7, 11) is 0. The van der Waals surface area contributed by atoms with Crippen LogP contribution >= 0.6 is 11.6 Å². The second-order valence-electron chi connectivity index (χ2n) is 10.0. The summed E-state index contributed by atoms with van der Waals surface area (Å²) in [6, 6.07) is 18.7. The lowest BCUT2D eigenvalue weighted by Gasteiger charge is -2.26. The minimum Gasteiger partial charge on any atom is -0.493 e. The topological polar surface area (TPSA) is 76.0 Å². The molecule has 5 nitrogen and oxygen atoms in total. The summed E-state index contributed by atoms with van der Waals surface area (Å²) in [6.45, 7) is 4.75. The van der Waals surface area contributed by atoms with Crippen LogP contribution in [0.5, 0.6) is 5.75 Å². The summed E-state index contributed by atoms with van der Waals surface area (Å²) in [6.07, 6.45) is 6.79. The van der Waals surface area contributed by atoms with Gasteiger partial charge in [0.1, 0.15) is 12.4 Å². The van der Waals surface area contributed by atoms with Gasteiger partial charge in [0.25, 0.3) is 0 Å². The Kier molecular flexibility index (Phi) is 10.8. The third-order valence-electron chi connectivity index (χ3n) is 7.17. The van der Waals surface area contributed by atoms with Crippen molar-refractivity contribution in [3.63, 3.8) is 0 Å². The number of alkyl halides is 1. The van der Waals surface area contributed by atoms with Gasteiger partial charge in [-0.3, -0.25) is 4.79 Å². The Morgan fingerprint density at radius 2 is 1.75 bits per heavy atom. The Balaban J connectivity index is 1.49. The van der Waals surface area contributed by atoms with E-state index >= 15 is 0 Å². The molecule has 1 aliphatic carbocycles. The van der Waals surface area contributed by atoms with Gasteiger partial charge >= 0.3 is 5.97 Å². The third-order valence-corrected chi connectivity index (χ3v) is 7.67. The van der Waals surface area contributed by atoms with Gasteiger partial charge in [0.05, 0.1) is 19.3 Å². The largest absolute Gasteiger partial charge is 0.493 e. The van der Waals surface area contributed by atoms with E-state index in [9.17, 15) is 9.90 Å². The van der Waals surface area contributed by atoms with E-state index < -0.39 is 6.10 Å². The summed E-state index contributed by atoms with van der Waals surface area (Å²) in [5.41, 5.74) is 2.37. The normalized spacial score (nSPS) is 22.1. The highest BCUT2D eigenvalue weighted by Crippen LogP contribution is 2.39. The van der Waals surface area contributed by atoms with Crippen LogP contribution in [-0.4, -0.2) is 47.5 Å². The van der Waals surface area contributed by atoms with E-state index in [4.69, 9.17) is 26.2 Å². The van der Waals surface area contributed by atoms with Crippen LogP contribution in [0.3, 0.4) is 0 Å². The highest BCUT2D eigenvalue weighted by Gasteiger charge is 2.41. The molecule has 2 N–H and O–H groups in total. The summed E-state index contributed by atoms with van der Waals surface area (Å²) in [5, 5.41) is 19.2. The molecule has 0 heterocycles. The number of halogens is 1. The van der Waals surface area contributed by atoms with Gasteiger partial charge in [0, 0.05) is 23.1 Å². The second-order valence-corrected chi connectivity index (χ2v) is 10.6. The zero-order valence-corrected chi connectivity index (χ0v) is 22.1. The van der Waals surface area contributed by atoms with Crippen molar-refractivity contribution >= 4 is 17.6 Å². The first-order chi connectivity index (χ1) is 17.3. The van der Waals surface area contributed by atoms with Crippen LogP contribution in [0.2, 0.25) is 0 Å². The quantitative estimate of drug-likeness (QED) is 0.156. The van der Waals surface area contributed by atoms with Crippen LogP contribution in [0, 0.1) is 11.8 Å². The van der Waals surface area contributed by atoms with Crippen molar-refractivity contribution in [2.24, 2.45) is 11.8 Å². The number of aliphatic hydroxyl groups excluding tert-OH is 2. The summed E-state index contributed by atoms with van der Waals surface area (Å²) < 4.78 is 11.0. The standard InChI is InChI=1S/C30H39ClO5/c1-30(2,22-10-6-5-7-11-22)23-14-16-24(17-15-23)36-21-26-25(27(31)20-28(26)33)12-8-3-4-9-13-29(34)35-19-18-32/h3,5-8,10-11,14-17,25-28,32-33H,4,9,12-13,18-21H2,1-2H3/b8-3-/t25-,26-,27-,28-/m1/s1. The summed E-state index contributed by atoms with van der Waals surface area (Å²) in [4.78, 5) is 11.5. The van der Waals surface area contributed by atoms with Crippen molar-refractivity contribution < 1.29 is 24.5 Å². The fourth-order valence-electron chi connectivity index (χ4n) is 4.84. The number of esters is 1. The van der Waals surface area contributed by atoms with Gasteiger partial charge < -0.3 is 19.7 Å². The molecule has 0 bridgehead atoms. The molecule has 1 saturated carbocycles. The summed E-state index contributed by atoms with van der Waals surface area (Å²) >= 11 is 6.58. The molecule has 6 heteroatoms. The lowest BCUT2D eigenvalue weighted by Crippen LogP contribution is -2.27. The second kappa shape index (κ2) is 13.8. The van der Waals surface area contributed by atoms with Gasteiger partial charge in [-0.05, 0) is 54.9 Å². The number of rotatable bonds is 13. The number of allylic oxidation sites excluding steroid dienone is 2. The Hall–Kier alpha value is -2.34. The maximum Gasteiger partial charge on any atom is 0.305 e. The van der Waals surface area contributed by atoms with E-state index in [0.29, 0.717) is 25.9 Å². The van der Waals surface area contributed by atoms with Crippen LogP contribution < -0.4 is 4.74 Å². The number of ether oxygens (including phenoxy) is 2. The Bertz CT molecular complexity index is 957. The first-order valence-corrected chi connectivity index (χ1v) is 13.3. The average molecular weight is 515 g/mol. The molecular weight excluding hydrogens is 476 g/mol. The molecule has 0 aliphatic heterocycles. The molecule has 2 aromatic rings. The molecule has 0 saturated heterocycles. The van der Waals surface area contributed by atoms with Crippen molar-refractivity contribution in [3.8, 4) is 5.75 Å². The third kappa shape index (κ3) is 7.83. The van der Waals surface area contributed by atoms with Crippen LogP contribution in [0.1, 0.15) is 57.1 Å². The Morgan fingerprint density at radius 1 is 1.06 bits per heavy atom. The zero-order valence-electron chi connectivity index (χ0n) is 21.3. The van der Waals surface area contributed by atoms with Crippen LogP contribution in [0.4, 0.5) is 0 Å². The number of carbonyl (C=O) groups is 1. The van der Waals surface area contributed by atoms with Gasteiger partial charge in [-0.25, -0.2) is 0 Å². The fraction of sp³-hybridized carbons (Fsp3) is 0.500. The van der Waals surface area contributed by atoms with E-state index in [0.717, 1.165) is 18.6 Å². The minimum absolute atomic E-state index is 0.0361. The monoisotopic (exact) mass is 514 g/mol. The maximum absolute atomic E-state index is 11.5. The van der Waals surface area contributed by atoms with Crippen molar-refractivity contribution in [1.29, 1.82) is 0 Å². The molecule has 0 unspecified atom stereocenters. The molecule has 3 rings (SSSR count). The van der Waals surface area contributed by atoms with Crippen molar-refractivity contribution in [2.75, 3.05) is 19.8 Å². The molecule has 0 spiro atoms. The van der Waals surface area contributed by atoms with Gasteiger partial charge in [0.15, 0.2) is 0 Å². The van der Waals surface area contributed by atoms with Crippen molar-refractivity contribution in [3.05, 3.63) is 77.9 Å². The zero-order chi connectivity index (χ0) is 26.0. The number of aliphatic hydroxyl groups is 2. The highest BCUT2D eigenvalue weighted by atomic mass is 35.5. The number of unbranched alkanes of at least 4 members (excludes halogenated alkanes) is 1. The van der Waals surface area contributed by atoms with E-state index in [2.05, 4.69) is 62.4 Å². The molecule has 0 aromatic heterocycles. The summed E-state index contributed by atoms with van der Waals surface area (Å²) in [5.74, 6) is 0.594. The molecule has 0 amide bonds. The predicted molar refractivity (Wildman–Crippen MR) is 143 cm³/mol. The molecule has 1 fully saturated rings. The van der Waals surface area contributed by atoms with E-state index in [1.165, 1.54) is 11.1 Å². The Labute approximate surface area is 220 Å². The van der Waals surface area contributed by atoms with Gasteiger partial charge in [-0.1, -0.05) is 68.5 Å². The number of carbonyl (C=O) groups excluding carboxylic acids is 1. The predicted octanol–water partition coefficient (Wildman–Crippen LogP) is 5.65. The number of benzene rings is 2. The van der Waals surface area contributed by atoms with E-state index in [1.54, 1.807) is 0 Å². The number of hydrogen-bond donors (Lipinski definition) is 2. The van der Waals surface area contributed by atoms with Crippen molar-refractivity contribution in [1.82, 2.24) is 0 Å². The first kappa shape index (κ1) is 28.2. The fourth-order valence-corrected chi connectivity index (χ4v) is 5.31. The van der Waals surface area contributed by atoms with Gasteiger partial charge in [-0.15, -0.1) is 11.6 Å². The SMILES string of the molecule is CC(C)(c1ccccc1)c1ccc(OC[C@@H]2[C@@H](C/C=C\CCCC(=O)OCCO)[C@H](Cl)C[C@H]2O)cc1. The van der Waals surface area contributed by atoms with E-state index in [1.807, 2.05) is 18.2 Å². The lowest BCUT2D eigenvalue weighted by atomic mass is 9.78. The van der Waals surface area contributed by atoms with Crippen LogP contribution in [0.15, 0.2) is 66.7 Å². The van der Waals surface area contributed by atoms with Gasteiger partial charge in [0.2, 0.25) is 0 Å². The van der Waals surface area contributed by atoms with E-state index in [-0.39, 0.29) is 41.8 Å². The molecule has 196 valence electrons. The minimum atomic E-state index is -0.483. The first-order valence-electron chi connectivity index (χ1n) is 12.9. The van der Waals surface area contributed by atoms with Crippen LogP contribution in [0.25, 0.3) is 0 Å². The molecule has 4 atom stereocenters.